The summed E-state index contributed by atoms with van der Waals surface area (Å²) in [7, 11) is 0. The summed E-state index contributed by atoms with van der Waals surface area (Å²) in [6, 6.07) is 2.13. The molecular formula is C13H19Cl2N. The van der Waals surface area contributed by atoms with Gasteiger partial charge in [-0.1, -0.05) is 49.9 Å². The zero-order valence-corrected chi connectivity index (χ0v) is 11.5. The molecule has 90 valence electrons. The molecular weight excluding hydrogens is 241 g/mol. The van der Waals surface area contributed by atoms with Gasteiger partial charge in [-0.05, 0) is 42.9 Å². The van der Waals surface area contributed by atoms with Crippen molar-refractivity contribution in [3.63, 3.8) is 0 Å². The molecule has 1 nitrogen and oxygen atoms in total. The fraction of sp³-hybridized carbons (Fsp3) is 0.615. The first-order chi connectivity index (χ1) is 7.69. The van der Waals surface area contributed by atoms with Crippen molar-refractivity contribution in [3.8, 4) is 0 Å². The van der Waals surface area contributed by atoms with Crippen LogP contribution < -0.4 is 0 Å². The molecule has 0 saturated heterocycles. The van der Waals surface area contributed by atoms with Crippen molar-refractivity contribution in [2.75, 3.05) is 0 Å². The Kier molecular flexibility index (Phi) is 6.15. The van der Waals surface area contributed by atoms with Crippen molar-refractivity contribution in [3.05, 3.63) is 27.5 Å². The monoisotopic (exact) mass is 259 g/mol. The Balaban J connectivity index is 2.83. The van der Waals surface area contributed by atoms with Gasteiger partial charge in [0, 0.05) is 0 Å². The number of pyridine rings is 1. The third-order valence-electron chi connectivity index (χ3n) is 2.67. The van der Waals surface area contributed by atoms with E-state index in [1.165, 1.54) is 12.8 Å². The molecule has 16 heavy (non-hydrogen) atoms. The summed E-state index contributed by atoms with van der Waals surface area (Å²) in [4.78, 5) is 4.21. The van der Waals surface area contributed by atoms with Gasteiger partial charge >= 0.3 is 0 Å². The van der Waals surface area contributed by atoms with E-state index in [0.717, 1.165) is 36.8 Å². The lowest BCUT2D eigenvalue weighted by Crippen LogP contribution is -1.96. The van der Waals surface area contributed by atoms with Crippen LogP contribution in [0.4, 0.5) is 0 Å². The van der Waals surface area contributed by atoms with Crippen molar-refractivity contribution in [2.45, 2.75) is 52.4 Å². The molecule has 0 aromatic carbocycles. The summed E-state index contributed by atoms with van der Waals surface area (Å²) in [6.45, 7) is 4.35. The summed E-state index contributed by atoms with van der Waals surface area (Å²) in [5, 5.41) is 1.14. The molecule has 0 fully saturated rings. The van der Waals surface area contributed by atoms with E-state index in [1.807, 2.05) is 0 Å². The van der Waals surface area contributed by atoms with Crippen molar-refractivity contribution < 1.29 is 0 Å². The molecule has 0 atom stereocenters. The second-order valence-electron chi connectivity index (χ2n) is 4.10. The molecule has 0 bridgehead atoms. The van der Waals surface area contributed by atoms with Gasteiger partial charge in [-0.25, -0.2) is 4.98 Å². The third kappa shape index (κ3) is 3.95. The van der Waals surface area contributed by atoms with E-state index < -0.39 is 0 Å². The molecule has 0 aliphatic carbocycles. The zero-order valence-electron chi connectivity index (χ0n) is 10.0. The lowest BCUT2D eigenvalue weighted by atomic mass is 10.1. The van der Waals surface area contributed by atoms with Gasteiger partial charge in [0.25, 0.3) is 0 Å². The van der Waals surface area contributed by atoms with Crippen LogP contribution >= 0.6 is 23.2 Å². The topological polar surface area (TPSA) is 12.9 Å². The molecule has 1 rings (SSSR count). The predicted octanol–water partition coefficient (Wildman–Crippen LogP) is 5.07. The Morgan fingerprint density at radius 1 is 0.938 bits per heavy atom. The maximum absolute atomic E-state index is 6.08. The van der Waals surface area contributed by atoms with Crippen molar-refractivity contribution in [1.82, 2.24) is 4.98 Å². The van der Waals surface area contributed by atoms with E-state index in [-0.39, 0.29) is 0 Å². The minimum atomic E-state index is 0.568. The summed E-state index contributed by atoms with van der Waals surface area (Å²) < 4.78 is 0. The highest BCUT2D eigenvalue weighted by Gasteiger charge is 2.08. The number of unbranched alkanes of at least 4 members (excludes halogenated alkanes) is 2. The molecule has 0 radical (unpaired) electrons. The molecule has 0 spiro atoms. The Morgan fingerprint density at radius 3 is 1.75 bits per heavy atom. The minimum absolute atomic E-state index is 0.568. The highest BCUT2D eigenvalue weighted by atomic mass is 35.5. The smallest absolute Gasteiger partial charge is 0.134 e. The van der Waals surface area contributed by atoms with Gasteiger partial charge in [0.2, 0.25) is 0 Å². The van der Waals surface area contributed by atoms with Crippen LogP contribution in [0, 0.1) is 0 Å². The minimum Gasteiger partial charge on any atom is -0.224 e. The van der Waals surface area contributed by atoms with Crippen LogP contribution in [0.15, 0.2) is 6.07 Å². The number of rotatable bonds is 6. The first-order valence-electron chi connectivity index (χ1n) is 6.02. The molecule has 3 heteroatoms. The van der Waals surface area contributed by atoms with Crippen LogP contribution in [-0.4, -0.2) is 4.98 Å². The Morgan fingerprint density at radius 2 is 1.38 bits per heavy atom. The van der Waals surface area contributed by atoms with Crippen LogP contribution in [0.1, 0.15) is 50.7 Å². The SMILES string of the molecule is CCCCc1cc(CCCC)c(Cl)nc1Cl. The van der Waals surface area contributed by atoms with Crippen LogP contribution in [-0.2, 0) is 12.8 Å². The van der Waals surface area contributed by atoms with Gasteiger partial charge in [0.15, 0.2) is 0 Å². The average molecular weight is 260 g/mol. The number of halogens is 2. The summed E-state index contributed by atoms with van der Waals surface area (Å²) in [5.41, 5.74) is 2.28. The number of aryl methyl sites for hydroxylation is 2. The normalized spacial score (nSPS) is 10.8. The largest absolute Gasteiger partial charge is 0.224 e. The summed E-state index contributed by atoms with van der Waals surface area (Å²) >= 11 is 12.2. The number of hydrogen-bond donors (Lipinski definition) is 0. The highest BCUT2D eigenvalue weighted by molar-refractivity contribution is 6.33. The molecule has 0 aliphatic rings. The first kappa shape index (κ1) is 13.8. The van der Waals surface area contributed by atoms with Gasteiger partial charge in [-0.2, -0.15) is 0 Å². The van der Waals surface area contributed by atoms with Gasteiger partial charge in [-0.15, -0.1) is 0 Å². The quantitative estimate of drug-likeness (QED) is 0.650. The van der Waals surface area contributed by atoms with E-state index in [4.69, 9.17) is 23.2 Å². The van der Waals surface area contributed by atoms with Crippen LogP contribution in [0.5, 0.6) is 0 Å². The summed E-state index contributed by atoms with van der Waals surface area (Å²) in [6.07, 6.45) is 6.64. The van der Waals surface area contributed by atoms with E-state index in [0.29, 0.717) is 10.3 Å². The van der Waals surface area contributed by atoms with E-state index in [9.17, 15) is 0 Å². The number of nitrogens with zero attached hydrogens (tertiary/aromatic N) is 1. The van der Waals surface area contributed by atoms with Crippen molar-refractivity contribution in [1.29, 1.82) is 0 Å². The molecule has 0 aliphatic heterocycles. The van der Waals surface area contributed by atoms with Crippen LogP contribution in [0.2, 0.25) is 10.3 Å². The highest BCUT2D eigenvalue weighted by Crippen LogP contribution is 2.24. The molecule has 1 aromatic heterocycles. The molecule has 0 unspecified atom stereocenters. The van der Waals surface area contributed by atoms with Crippen molar-refractivity contribution >= 4 is 23.2 Å². The van der Waals surface area contributed by atoms with E-state index >= 15 is 0 Å². The van der Waals surface area contributed by atoms with Crippen molar-refractivity contribution in [2.24, 2.45) is 0 Å². The van der Waals surface area contributed by atoms with Gasteiger partial charge in [0.1, 0.15) is 10.3 Å². The van der Waals surface area contributed by atoms with Gasteiger partial charge in [-0.3, -0.25) is 0 Å². The first-order valence-corrected chi connectivity index (χ1v) is 6.78. The number of hydrogen-bond acceptors (Lipinski definition) is 1. The lowest BCUT2D eigenvalue weighted by Gasteiger charge is -2.08. The molecule has 0 N–H and O–H groups in total. The van der Waals surface area contributed by atoms with E-state index in [1.54, 1.807) is 0 Å². The third-order valence-corrected chi connectivity index (χ3v) is 3.33. The fourth-order valence-corrected chi connectivity index (χ4v) is 2.15. The van der Waals surface area contributed by atoms with Gasteiger partial charge in [0.05, 0.1) is 0 Å². The van der Waals surface area contributed by atoms with Crippen LogP contribution in [0.25, 0.3) is 0 Å². The molecule has 1 heterocycles. The second kappa shape index (κ2) is 7.13. The molecule has 1 aromatic rings. The lowest BCUT2D eigenvalue weighted by molar-refractivity contribution is 0.775. The molecule has 0 amide bonds. The standard InChI is InChI=1S/C13H19Cl2N/c1-3-5-7-10-9-11(8-6-4-2)13(15)16-12(10)14/h9H,3-8H2,1-2H3. The summed E-state index contributed by atoms with van der Waals surface area (Å²) in [5.74, 6) is 0. The number of aromatic nitrogens is 1. The van der Waals surface area contributed by atoms with E-state index in [2.05, 4.69) is 24.9 Å². The maximum atomic E-state index is 6.08. The van der Waals surface area contributed by atoms with Gasteiger partial charge < -0.3 is 0 Å². The zero-order chi connectivity index (χ0) is 12.0. The predicted molar refractivity (Wildman–Crippen MR) is 71.5 cm³/mol. The second-order valence-corrected chi connectivity index (χ2v) is 4.81. The fourth-order valence-electron chi connectivity index (χ4n) is 1.64. The molecule has 0 saturated carbocycles. The Labute approximate surface area is 108 Å². The Hall–Kier alpha value is -0.270. The Bertz CT molecular complexity index is 308. The maximum Gasteiger partial charge on any atom is 0.134 e. The average Bonchev–Trinajstić information content (AvgIpc) is 2.26. The van der Waals surface area contributed by atoms with Crippen LogP contribution in [0.3, 0.4) is 0 Å².